The number of hydrogen-bond donors (Lipinski definition) is 2. The number of halogens is 1. The van der Waals surface area contributed by atoms with Crippen LogP contribution in [-0.2, 0) is 16.9 Å². The summed E-state index contributed by atoms with van der Waals surface area (Å²) >= 11 is 6.30. The van der Waals surface area contributed by atoms with Gasteiger partial charge in [0.2, 0.25) is 12.5 Å². The summed E-state index contributed by atoms with van der Waals surface area (Å²) in [5, 5.41) is 8.01. The predicted octanol–water partition coefficient (Wildman–Crippen LogP) is 2.89. The molecule has 2 aromatic rings. The van der Waals surface area contributed by atoms with Crippen molar-refractivity contribution < 1.29 is 9.59 Å². The molecule has 1 saturated heterocycles. The minimum atomic E-state index is -0.647. The quantitative estimate of drug-likeness (QED) is 0.647. The van der Waals surface area contributed by atoms with E-state index in [1.165, 1.54) is 0 Å². The predicted molar refractivity (Wildman–Crippen MR) is 118 cm³/mol. The van der Waals surface area contributed by atoms with Crippen LogP contribution in [0.1, 0.15) is 41.6 Å². The first-order valence-corrected chi connectivity index (χ1v) is 10.8. The number of nitrogens with zero attached hydrogens (tertiary/aromatic N) is 4. The van der Waals surface area contributed by atoms with E-state index in [9.17, 15) is 9.59 Å². The zero-order valence-corrected chi connectivity index (χ0v) is 17.9. The second kappa shape index (κ2) is 8.69. The van der Waals surface area contributed by atoms with Gasteiger partial charge in [0.1, 0.15) is 11.1 Å². The molecular formula is C22H25ClN6O2. The van der Waals surface area contributed by atoms with Gasteiger partial charge in [-0.05, 0) is 37.3 Å². The average Bonchev–Trinajstić information content (AvgIpc) is 3.51. The second-order valence-electron chi connectivity index (χ2n) is 8.37. The van der Waals surface area contributed by atoms with E-state index in [1.54, 1.807) is 10.9 Å². The van der Waals surface area contributed by atoms with Crippen LogP contribution in [0.15, 0.2) is 30.5 Å². The van der Waals surface area contributed by atoms with Crippen molar-refractivity contribution in [1.29, 1.82) is 0 Å². The van der Waals surface area contributed by atoms with Crippen LogP contribution in [0.3, 0.4) is 0 Å². The Balaban J connectivity index is 1.53. The summed E-state index contributed by atoms with van der Waals surface area (Å²) in [5.41, 5.74) is 6.24. The lowest BCUT2D eigenvalue weighted by molar-refractivity contribution is -0.117. The fraction of sp³-hybridized carbons (Fsp3) is 0.455. The SMILES string of the molecule is [C-]#[N+]CC1(n2cc(C(N)=O)c(NC(=O)C3CC3)n2)CCN(Cc2ccccc2Cl)CC1. The summed E-state index contributed by atoms with van der Waals surface area (Å²) in [7, 11) is 0. The van der Waals surface area contributed by atoms with Gasteiger partial charge < -0.3 is 15.9 Å². The Labute approximate surface area is 186 Å². The third kappa shape index (κ3) is 4.58. The summed E-state index contributed by atoms with van der Waals surface area (Å²) in [4.78, 5) is 30.1. The van der Waals surface area contributed by atoms with Gasteiger partial charge in [0, 0.05) is 36.8 Å². The molecule has 2 aliphatic rings. The molecular weight excluding hydrogens is 416 g/mol. The zero-order valence-electron chi connectivity index (χ0n) is 17.2. The van der Waals surface area contributed by atoms with Crippen LogP contribution in [0.25, 0.3) is 4.85 Å². The third-order valence-corrected chi connectivity index (χ3v) is 6.54. The van der Waals surface area contributed by atoms with Crippen molar-refractivity contribution in [2.24, 2.45) is 11.7 Å². The van der Waals surface area contributed by atoms with Crippen molar-refractivity contribution >= 4 is 29.2 Å². The van der Waals surface area contributed by atoms with Gasteiger partial charge in [-0.15, -0.1) is 0 Å². The molecule has 2 heterocycles. The minimum absolute atomic E-state index is 0.0175. The standard InChI is InChI=1S/C22H25ClN6O2/c1-25-14-22(8-10-28(11-9-22)12-16-4-2-3-5-18(16)23)29-13-17(19(24)30)20(27-29)26-21(31)15-6-7-15/h2-5,13,15H,6-12,14H2,(H2,24,30)(H,26,27,31). The van der Waals surface area contributed by atoms with E-state index in [-0.39, 0.29) is 29.8 Å². The van der Waals surface area contributed by atoms with E-state index in [2.05, 4.69) is 20.2 Å². The number of nitrogens with two attached hydrogens (primary N) is 1. The zero-order chi connectivity index (χ0) is 22.0. The molecule has 0 radical (unpaired) electrons. The Hall–Kier alpha value is -2.89. The molecule has 1 saturated carbocycles. The molecule has 3 N–H and O–H groups in total. The summed E-state index contributed by atoms with van der Waals surface area (Å²) in [6.07, 6.45) is 4.66. The minimum Gasteiger partial charge on any atom is -0.365 e. The topological polar surface area (TPSA) is 97.6 Å². The first-order chi connectivity index (χ1) is 14.9. The summed E-state index contributed by atoms with van der Waals surface area (Å²) in [5.74, 6) is -0.614. The third-order valence-electron chi connectivity index (χ3n) is 6.17. The van der Waals surface area contributed by atoms with Gasteiger partial charge in [-0.1, -0.05) is 29.8 Å². The first-order valence-electron chi connectivity index (χ1n) is 10.4. The van der Waals surface area contributed by atoms with Gasteiger partial charge in [0.15, 0.2) is 5.82 Å². The van der Waals surface area contributed by atoms with Crippen molar-refractivity contribution in [1.82, 2.24) is 14.7 Å². The molecule has 2 fully saturated rings. The summed E-state index contributed by atoms with van der Waals surface area (Å²) < 4.78 is 1.68. The fourth-order valence-corrected chi connectivity index (χ4v) is 4.25. The molecule has 8 nitrogen and oxygen atoms in total. The number of carbonyl (C=O) groups excluding carboxylic acids is 2. The highest BCUT2D eigenvalue weighted by Gasteiger charge is 2.41. The van der Waals surface area contributed by atoms with Gasteiger partial charge >= 0.3 is 0 Å². The van der Waals surface area contributed by atoms with Crippen LogP contribution in [0.5, 0.6) is 0 Å². The number of primary amides is 1. The van der Waals surface area contributed by atoms with Crippen LogP contribution >= 0.6 is 11.6 Å². The Morgan fingerprint density at radius 2 is 2.00 bits per heavy atom. The molecule has 0 bridgehead atoms. The number of carbonyl (C=O) groups is 2. The molecule has 0 atom stereocenters. The van der Waals surface area contributed by atoms with Gasteiger partial charge in [-0.2, -0.15) is 5.10 Å². The van der Waals surface area contributed by atoms with E-state index in [0.717, 1.165) is 43.1 Å². The van der Waals surface area contributed by atoms with Crippen molar-refractivity contribution in [2.75, 3.05) is 25.0 Å². The van der Waals surface area contributed by atoms with Crippen LogP contribution in [-0.4, -0.2) is 46.1 Å². The maximum Gasteiger partial charge on any atom is 0.254 e. The Kier molecular flexibility index (Phi) is 5.99. The summed E-state index contributed by atoms with van der Waals surface area (Å²) in [6.45, 7) is 9.98. The van der Waals surface area contributed by atoms with Gasteiger partial charge in [0.05, 0.1) is 0 Å². The Bertz CT molecular complexity index is 1030. The number of nitrogens with one attached hydrogen (secondary N) is 1. The van der Waals surface area contributed by atoms with Crippen LogP contribution in [0.2, 0.25) is 5.02 Å². The van der Waals surface area contributed by atoms with E-state index < -0.39 is 11.4 Å². The van der Waals surface area contributed by atoms with E-state index in [0.29, 0.717) is 12.8 Å². The molecule has 2 amide bonds. The Morgan fingerprint density at radius 3 is 2.61 bits per heavy atom. The van der Waals surface area contributed by atoms with Crippen LogP contribution in [0, 0.1) is 12.5 Å². The van der Waals surface area contributed by atoms with Crippen molar-refractivity contribution in [3.05, 3.63) is 58.0 Å². The number of anilines is 1. The normalized spacial score (nSPS) is 18.3. The van der Waals surface area contributed by atoms with E-state index in [1.807, 2.05) is 24.3 Å². The lowest BCUT2D eigenvalue weighted by Crippen LogP contribution is -2.48. The summed E-state index contributed by atoms with van der Waals surface area (Å²) in [6, 6.07) is 7.79. The molecule has 162 valence electrons. The largest absolute Gasteiger partial charge is 0.365 e. The van der Waals surface area contributed by atoms with E-state index >= 15 is 0 Å². The van der Waals surface area contributed by atoms with Gasteiger partial charge in [-0.25, -0.2) is 6.57 Å². The first kappa shape index (κ1) is 21.3. The second-order valence-corrected chi connectivity index (χ2v) is 8.78. The number of rotatable bonds is 7. The van der Waals surface area contributed by atoms with E-state index in [4.69, 9.17) is 23.9 Å². The van der Waals surface area contributed by atoms with Gasteiger partial charge in [-0.3, -0.25) is 19.2 Å². The maximum absolute atomic E-state index is 12.2. The van der Waals surface area contributed by atoms with Crippen molar-refractivity contribution in [3.63, 3.8) is 0 Å². The molecule has 1 aliphatic carbocycles. The lowest BCUT2D eigenvalue weighted by atomic mass is 9.87. The number of likely N-dealkylation sites (tertiary alicyclic amines) is 1. The molecule has 4 rings (SSSR count). The smallest absolute Gasteiger partial charge is 0.254 e. The molecule has 1 aromatic carbocycles. The highest BCUT2D eigenvalue weighted by Crippen LogP contribution is 2.34. The van der Waals surface area contributed by atoms with Crippen molar-refractivity contribution in [3.8, 4) is 0 Å². The number of benzene rings is 1. The number of hydrogen-bond acceptors (Lipinski definition) is 4. The average molecular weight is 441 g/mol. The molecule has 31 heavy (non-hydrogen) atoms. The highest BCUT2D eigenvalue weighted by atomic mass is 35.5. The molecule has 9 heteroatoms. The van der Waals surface area contributed by atoms with Crippen LogP contribution < -0.4 is 11.1 Å². The maximum atomic E-state index is 12.2. The van der Waals surface area contributed by atoms with Crippen molar-refractivity contribution in [2.45, 2.75) is 37.8 Å². The Morgan fingerprint density at radius 1 is 1.29 bits per heavy atom. The molecule has 1 aliphatic heterocycles. The molecule has 1 aromatic heterocycles. The molecule has 0 unspecified atom stereocenters. The fourth-order valence-electron chi connectivity index (χ4n) is 4.06. The number of amides is 2. The highest BCUT2D eigenvalue weighted by molar-refractivity contribution is 6.31. The molecule has 0 spiro atoms. The van der Waals surface area contributed by atoms with Gasteiger partial charge in [0.25, 0.3) is 5.91 Å². The van der Waals surface area contributed by atoms with Crippen LogP contribution in [0.4, 0.5) is 5.82 Å². The monoisotopic (exact) mass is 440 g/mol. The lowest BCUT2D eigenvalue weighted by Gasteiger charge is -2.38. The number of aromatic nitrogens is 2. The number of piperidine rings is 1.